The van der Waals surface area contributed by atoms with Gasteiger partial charge in [-0.3, -0.25) is 0 Å². The van der Waals surface area contributed by atoms with Crippen LogP contribution in [-0.4, -0.2) is 18.2 Å². The van der Waals surface area contributed by atoms with E-state index in [0.29, 0.717) is 16.7 Å². The zero-order valence-corrected chi connectivity index (χ0v) is 13.2. The standard InChI is InChI=1S/C16H23NO2S/c1-10-4-6-13(8-11(10)2)19-14-7-5-12(16(17)20)9-15(14)18-3/h5,7,9-11,13H,4,6,8H2,1-3H3,(H2,17,20). The summed E-state index contributed by atoms with van der Waals surface area (Å²) in [6.45, 7) is 4.62. The lowest BCUT2D eigenvalue weighted by atomic mass is 9.80. The molecule has 0 bridgehead atoms. The molecule has 1 saturated carbocycles. The molecule has 3 nitrogen and oxygen atoms in total. The van der Waals surface area contributed by atoms with Gasteiger partial charge < -0.3 is 15.2 Å². The van der Waals surface area contributed by atoms with Crippen LogP contribution in [0.1, 0.15) is 38.7 Å². The highest BCUT2D eigenvalue weighted by atomic mass is 32.1. The topological polar surface area (TPSA) is 44.5 Å². The SMILES string of the molecule is COc1cc(C(N)=S)ccc1OC1CCC(C)C(C)C1. The van der Waals surface area contributed by atoms with Crippen molar-refractivity contribution in [3.63, 3.8) is 0 Å². The number of benzene rings is 1. The number of hydrogen-bond donors (Lipinski definition) is 1. The zero-order valence-electron chi connectivity index (χ0n) is 12.4. The minimum Gasteiger partial charge on any atom is -0.493 e. The Labute approximate surface area is 126 Å². The summed E-state index contributed by atoms with van der Waals surface area (Å²) in [7, 11) is 1.64. The first-order chi connectivity index (χ1) is 9.51. The molecule has 0 saturated heterocycles. The quantitative estimate of drug-likeness (QED) is 0.863. The van der Waals surface area contributed by atoms with E-state index in [1.54, 1.807) is 7.11 Å². The molecule has 0 heterocycles. The van der Waals surface area contributed by atoms with Gasteiger partial charge in [-0.05, 0) is 49.3 Å². The summed E-state index contributed by atoms with van der Waals surface area (Å²) in [5.41, 5.74) is 6.44. The Morgan fingerprint density at radius 2 is 1.95 bits per heavy atom. The van der Waals surface area contributed by atoms with Gasteiger partial charge in [-0.25, -0.2) is 0 Å². The Bertz CT molecular complexity index is 489. The van der Waals surface area contributed by atoms with Crippen molar-refractivity contribution in [1.82, 2.24) is 0 Å². The van der Waals surface area contributed by atoms with Crippen LogP contribution in [-0.2, 0) is 0 Å². The van der Waals surface area contributed by atoms with Crippen LogP contribution in [0, 0.1) is 11.8 Å². The van der Waals surface area contributed by atoms with Crippen molar-refractivity contribution in [3.8, 4) is 11.5 Å². The van der Waals surface area contributed by atoms with Crippen LogP contribution in [0.2, 0.25) is 0 Å². The van der Waals surface area contributed by atoms with E-state index in [-0.39, 0.29) is 6.10 Å². The lowest BCUT2D eigenvalue weighted by molar-refractivity contribution is 0.0977. The first kappa shape index (κ1) is 15.1. The third kappa shape index (κ3) is 3.42. The fraction of sp³-hybridized carbons (Fsp3) is 0.562. The minimum absolute atomic E-state index is 0.269. The van der Waals surface area contributed by atoms with E-state index in [2.05, 4.69) is 13.8 Å². The van der Waals surface area contributed by atoms with Gasteiger partial charge in [0, 0.05) is 5.56 Å². The van der Waals surface area contributed by atoms with Gasteiger partial charge in [0.05, 0.1) is 13.2 Å². The van der Waals surface area contributed by atoms with Gasteiger partial charge in [0.15, 0.2) is 11.5 Å². The number of thiocarbonyl (C=S) groups is 1. The number of rotatable bonds is 4. The van der Waals surface area contributed by atoms with E-state index in [1.165, 1.54) is 6.42 Å². The van der Waals surface area contributed by atoms with Crippen molar-refractivity contribution in [2.45, 2.75) is 39.2 Å². The van der Waals surface area contributed by atoms with Crippen molar-refractivity contribution >= 4 is 17.2 Å². The Kier molecular flexibility index (Phi) is 4.86. The largest absolute Gasteiger partial charge is 0.493 e. The molecule has 2 N–H and O–H groups in total. The zero-order chi connectivity index (χ0) is 14.7. The van der Waals surface area contributed by atoms with Gasteiger partial charge >= 0.3 is 0 Å². The molecule has 0 amide bonds. The van der Waals surface area contributed by atoms with E-state index in [9.17, 15) is 0 Å². The summed E-state index contributed by atoms with van der Waals surface area (Å²) in [6, 6.07) is 5.62. The van der Waals surface area contributed by atoms with Crippen LogP contribution in [0.15, 0.2) is 18.2 Å². The Morgan fingerprint density at radius 3 is 2.55 bits per heavy atom. The second kappa shape index (κ2) is 6.44. The monoisotopic (exact) mass is 293 g/mol. The van der Waals surface area contributed by atoms with Crippen LogP contribution < -0.4 is 15.2 Å². The van der Waals surface area contributed by atoms with Crippen molar-refractivity contribution in [1.29, 1.82) is 0 Å². The normalized spacial score (nSPS) is 26.1. The third-order valence-electron chi connectivity index (χ3n) is 4.29. The molecule has 0 aromatic heterocycles. The van der Waals surface area contributed by atoms with Crippen LogP contribution in [0.5, 0.6) is 11.5 Å². The average Bonchev–Trinajstić information content (AvgIpc) is 2.43. The summed E-state index contributed by atoms with van der Waals surface area (Å²) in [4.78, 5) is 0.370. The maximum atomic E-state index is 6.12. The third-order valence-corrected chi connectivity index (χ3v) is 4.53. The maximum Gasteiger partial charge on any atom is 0.161 e. The fourth-order valence-corrected chi connectivity index (χ4v) is 2.83. The highest BCUT2D eigenvalue weighted by Gasteiger charge is 2.26. The lowest BCUT2D eigenvalue weighted by Gasteiger charge is -2.32. The molecule has 1 aromatic rings. The molecule has 3 atom stereocenters. The molecule has 2 rings (SSSR count). The predicted octanol–water partition coefficient (Wildman–Crippen LogP) is 3.53. The van der Waals surface area contributed by atoms with Gasteiger partial charge in [0.25, 0.3) is 0 Å². The molecule has 3 unspecified atom stereocenters. The van der Waals surface area contributed by atoms with Gasteiger partial charge in [-0.1, -0.05) is 26.1 Å². The molecule has 1 aliphatic rings. The van der Waals surface area contributed by atoms with E-state index in [0.717, 1.165) is 30.1 Å². The van der Waals surface area contributed by atoms with Gasteiger partial charge in [-0.2, -0.15) is 0 Å². The van der Waals surface area contributed by atoms with Gasteiger partial charge in [0.1, 0.15) is 4.99 Å². The average molecular weight is 293 g/mol. The molecule has 1 aliphatic carbocycles. The van der Waals surface area contributed by atoms with Crippen LogP contribution in [0.4, 0.5) is 0 Å². The van der Waals surface area contributed by atoms with E-state index in [4.69, 9.17) is 27.4 Å². The summed E-state index contributed by atoms with van der Waals surface area (Å²) >= 11 is 4.98. The van der Waals surface area contributed by atoms with E-state index >= 15 is 0 Å². The Morgan fingerprint density at radius 1 is 1.20 bits per heavy atom. The predicted molar refractivity (Wildman–Crippen MR) is 85.5 cm³/mol. The highest BCUT2D eigenvalue weighted by molar-refractivity contribution is 7.80. The minimum atomic E-state index is 0.269. The fourth-order valence-electron chi connectivity index (χ4n) is 2.70. The number of hydrogen-bond acceptors (Lipinski definition) is 3. The molecule has 1 aromatic carbocycles. The van der Waals surface area contributed by atoms with E-state index in [1.807, 2.05) is 18.2 Å². The highest BCUT2D eigenvalue weighted by Crippen LogP contribution is 2.35. The molecular weight excluding hydrogens is 270 g/mol. The Hall–Kier alpha value is -1.29. The molecule has 110 valence electrons. The number of methoxy groups -OCH3 is 1. The number of nitrogens with two attached hydrogens (primary N) is 1. The molecule has 0 spiro atoms. The van der Waals surface area contributed by atoms with Crippen molar-refractivity contribution in [2.24, 2.45) is 17.6 Å². The lowest BCUT2D eigenvalue weighted by Crippen LogP contribution is -2.28. The number of ether oxygens (including phenoxy) is 2. The molecule has 20 heavy (non-hydrogen) atoms. The van der Waals surface area contributed by atoms with Crippen LogP contribution >= 0.6 is 12.2 Å². The second-order valence-electron chi connectivity index (χ2n) is 5.74. The first-order valence-corrected chi connectivity index (χ1v) is 7.56. The molecule has 0 radical (unpaired) electrons. The Balaban J connectivity index is 2.11. The smallest absolute Gasteiger partial charge is 0.161 e. The first-order valence-electron chi connectivity index (χ1n) is 7.15. The van der Waals surface area contributed by atoms with Crippen molar-refractivity contribution < 1.29 is 9.47 Å². The molecule has 1 fully saturated rings. The van der Waals surface area contributed by atoms with E-state index < -0.39 is 0 Å². The van der Waals surface area contributed by atoms with Crippen molar-refractivity contribution in [3.05, 3.63) is 23.8 Å². The van der Waals surface area contributed by atoms with Gasteiger partial charge in [0.2, 0.25) is 0 Å². The van der Waals surface area contributed by atoms with Gasteiger partial charge in [-0.15, -0.1) is 0 Å². The summed E-state index contributed by atoms with van der Waals surface area (Å²) < 4.78 is 11.5. The summed E-state index contributed by atoms with van der Waals surface area (Å²) in [5.74, 6) is 2.96. The molecular formula is C16H23NO2S. The van der Waals surface area contributed by atoms with Crippen LogP contribution in [0.25, 0.3) is 0 Å². The molecule has 4 heteroatoms. The van der Waals surface area contributed by atoms with Crippen LogP contribution in [0.3, 0.4) is 0 Å². The maximum absolute atomic E-state index is 6.12. The van der Waals surface area contributed by atoms with Crippen molar-refractivity contribution in [2.75, 3.05) is 7.11 Å². The molecule has 0 aliphatic heterocycles. The second-order valence-corrected chi connectivity index (χ2v) is 6.18. The summed E-state index contributed by atoms with van der Waals surface area (Å²) in [5, 5.41) is 0. The summed E-state index contributed by atoms with van der Waals surface area (Å²) in [6.07, 6.45) is 3.69.